The van der Waals surface area contributed by atoms with E-state index >= 15 is 0 Å². The highest BCUT2D eigenvalue weighted by Crippen LogP contribution is 2.23. The number of benzene rings is 2. The molecule has 2 aromatic carbocycles. The first-order valence-electron chi connectivity index (χ1n) is 11.1. The highest BCUT2D eigenvalue weighted by atomic mass is 16.5. The predicted octanol–water partition coefficient (Wildman–Crippen LogP) is 4.34. The lowest BCUT2D eigenvalue weighted by molar-refractivity contribution is 0.0723. The number of ether oxygens (including phenoxy) is 1. The molecule has 0 fully saturated rings. The van der Waals surface area contributed by atoms with E-state index in [0.717, 1.165) is 10.9 Å². The third-order valence-corrected chi connectivity index (χ3v) is 5.82. The van der Waals surface area contributed by atoms with Crippen LogP contribution < -0.4 is 10.1 Å². The van der Waals surface area contributed by atoms with Crippen LogP contribution in [0.4, 0.5) is 0 Å². The molecule has 4 aromatic rings. The van der Waals surface area contributed by atoms with Crippen LogP contribution in [0.25, 0.3) is 11.0 Å². The zero-order valence-electron chi connectivity index (χ0n) is 19.2. The fourth-order valence-electron chi connectivity index (χ4n) is 3.92. The maximum Gasteiger partial charge on any atom is 0.270 e. The van der Waals surface area contributed by atoms with Crippen LogP contribution in [-0.4, -0.2) is 48.4 Å². The quantitative estimate of drug-likeness (QED) is 0.404. The zero-order valence-corrected chi connectivity index (χ0v) is 19.2. The van der Waals surface area contributed by atoms with Crippen molar-refractivity contribution in [1.29, 1.82) is 0 Å². The van der Waals surface area contributed by atoms with Gasteiger partial charge in [-0.2, -0.15) is 0 Å². The van der Waals surface area contributed by atoms with Gasteiger partial charge in [0.25, 0.3) is 11.8 Å². The molecule has 4 rings (SSSR count). The minimum absolute atomic E-state index is 0.119. The number of methoxy groups -OCH3 is 1. The monoisotopic (exact) mass is 457 g/mol. The van der Waals surface area contributed by atoms with Gasteiger partial charge in [0, 0.05) is 31.1 Å². The topological polar surface area (TPSA) is 84.7 Å². The Hall–Kier alpha value is -4.13. The highest BCUT2D eigenvalue weighted by Gasteiger charge is 2.24. The van der Waals surface area contributed by atoms with Crippen molar-refractivity contribution in [2.45, 2.75) is 18.9 Å². The van der Waals surface area contributed by atoms with Crippen molar-refractivity contribution in [1.82, 2.24) is 15.2 Å². The summed E-state index contributed by atoms with van der Waals surface area (Å²) in [5.74, 6) is -0.0221. The Bertz CT molecular complexity index is 1270. The lowest BCUT2D eigenvalue weighted by Gasteiger charge is -2.28. The summed E-state index contributed by atoms with van der Waals surface area (Å²) in [6.45, 7) is 0.388. The molecule has 174 valence electrons. The third-order valence-electron chi connectivity index (χ3n) is 5.82. The second-order valence-corrected chi connectivity index (χ2v) is 8.01. The van der Waals surface area contributed by atoms with E-state index < -0.39 is 0 Å². The average molecular weight is 458 g/mol. The molecule has 2 aromatic heterocycles. The number of hydrogen-bond donors (Lipinski definition) is 1. The molecular formula is C27H27N3O4. The third kappa shape index (κ3) is 5.26. The Labute approximate surface area is 198 Å². The highest BCUT2D eigenvalue weighted by molar-refractivity contribution is 6.05. The number of furan rings is 1. The number of pyridine rings is 1. The van der Waals surface area contributed by atoms with E-state index in [1.54, 1.807) is 30.1 Å². The molecule has 1 atom stereocenters. The van der Waals surface area contributed by atoms with E-state index in [0.29, 0.717) is 36.4 Å². The number of carbonyl (C=O) groups is 2. The standard InChI is InChI=1S/C27H27N3O4/c1-30(27(32)22-18-34-24-13-7-6-11-21(22)24)20(17-19-9-4-3-5-10-19)15-16-28-26(31)23-12-8-14-25(29-23)33-2/h3-14,18,20H,15-17H2,1-2H3,(H,28,31). The summed E-state index contributed by atoms with van der Waals surface area (Å²) >= 11 is 0. The lowest BCUT2D eigenvalue weighted by Crippen LogP contribution is -2.41. The summed E-state index contributed by atoms with van der Waals surface area (Å²) in [5, 5.41) is 3.70. The fraction of sp³-hybridized carbons (Fsp3) is 0.222. The first-order chi connectivity index (χ1) is 16.6. The molecule has 0 spiro atoms. The average Bonchev–Trinajstić information content (AvgIpc) is 3.32. The normalized spacial score (nSPS) is 11.7. The largest absolute Gasteiger partial charge is 0.481 e. The van der Waals surface area contributed by atoms with Crippen molar-refractivity contribution in [3.63, 3.8) is 0 Å². The minimum atomic E-state index is -0.285. The fourth-order valence-corrected chi connectivity index (χ4v) is 3.92. The zero-order chi connectivity index (χ0) is 23.9. The van der Waals surface area contributed by atoms with Gasteiger partial charge in [-0.1, -0.05) is 54.6 Å². The van der Waals surface area contributed by atoms with Crippen LogP contribution in [0.3, 0.4) is 0 Å². The van der Waals surface area contributed by atoms with Gasteiger partial charge in [-0.05, 0) is 30.5 Å². The number of likely N-dealkylation sites (N-methyl/N-ethyl adjacent to an activating group) is 1. The van der Waals surface area contributed by atoms with Crippen LogP contribution in [0, 0.1) is 0 Å². The van der Waals surface area contributed by atoms with Gasteiger partial charge in [0.05, 0.1) is 12.7 Å². The number of hydrogen-bond acceptors (Lipinski definition) is 5. The number of nitrogens with one attached hydrogen (secondary N) is 1. The molecule has 7 heteroatoms. The van der Waals surface area contributed by atoms with Crippen molar-refractivity contribution in [3.8, 4) is 5.88 Å². The Morgan fingerprint density at radius 2 is 1.79 bits per heavy atom. The smallest absolute Gasteiger partial charge is 0.270 e. The summed E-state index contributed by atoms with van der Waals surface area (Å²) in [4.78, 5) is 31.9. The maximum atomic E-state index is 13.4. The van der Waals surface area contributed by atoms with Gasteiger partial charge < -0.3 is 19.4 Å². The van der Waals surface area contributed by atoms with E-state index in [1.807, 2.05) is 54.6 Å². The molecule has 34 heavy (non-hydrogen) atoms. The first-order valence-corrected chi connectivity index (χ1v) is 11.1. The summed E-state index contributed by atoms with van der Waals surface area (Å²) in [5.41, 5.74) is 2.61. The molecule has 0 saturated heterocycles. The van der Waals surface area contributed by atoms with Crippen molar-refractivity contribution < 1.29 is 18.7 Å². The summed E-state index contributed by atoms with van der Waals surface area (Å²) in [6.07, 6.45) is 2.74. The number of fused-ring (bicyclic) bond motifs is 1. The van der Waals surface area contributed by atoms with Gasteiger partial charge in [0.1, 0.15) is 17.5 Å². The molecular weight excluding hydrogens is 430 g/mol. The van der Waals surface area contributed by atoms with Crippen LogP contribution in [0.5, 0.6) is 5.88 Å². The number of nitrogens with zero attached hydrogens (tertiary/aromatic N) is 2. The molecule has 1 N–H and O–H groups in total. The minimum Gasteiger partial charge on any atom is -0.481 e. The maximum absolute atomic E-state index is 13.4. The Morgan fingerprint density at radius 3 is 2.59 bits per heavy atom. The molecule has 7 nitrogen and oxygen atoms in total. The predicted molar refractivity (Wildman–Crippen MR) is 130 cm³/mol. The SMILES string of the molecule is COc1cccc(C(=O)NCCC(Cc2ccccc2)N(C)C(=O)c2coc3ccccc23)n1. The van der Waals surface area contributed by atoms with E-state index in [2.05, 4.69) is 10.3 Å². The Morgan fingerprint density at radius 1 is 1.03 bits per heavy atom. The number of para-hydroxylation sites is 1. The summed E-state index contributed by atoms with van der Waals surface area (Å²) in [7, 11) is 3.30. The molecule has 0 bridgehead atoms. The van der Waals surface area contributed by atoms with Gasteiger partial charge in [-0.25, -0.2) is 4.98 Å². The van der Waals surface area contributed by atoms with Gasteiger partial charge in [-0.15, -0.1) is 0 Å². The molecule has 2 amide bonds. The molecule has 1 unspecified atom stereocenters. The van der Waals surface area contributed by atoms with Crippen LogP contribution in [-0.2, 0) is 6.42 Å². The number of rotatable bonds is 9. The van der Waals surface area contributed by atoms with Gasteiger partial charge in [0.15, 0.2) is 0 Å². The molecule has 2 heterocycles. The number of carbonyl (C=O) groups excluding carboxylic acids is 2. The van der Waals surface area contributed by atoms with Crippen molar-refractivity contribution in [2.24, 2.45) is 0 Å². The van der Waals surface area contributed by atoms with Crippen molar-refractivity contribution >= 4 is 22.8 Å². The van der Waals surface area contributed by atoms with Crippen LogP contribution in [0.1, 0.15) is 32.8 Å². The van der Waals surface area contributed by atoms with Crippen molar-refractivity contribution in [2.75, 3.05) is 20.7 Å². The van der Waals surface area contributed by atoms with Gasteiger partial charge in [0.2, 0.25) is 5.88 Å². The molecule has 0 aliphatic heterocycles. The van der Waals surface area contributed by atoms with Crippen LogP contribution in [0.2, 0.25) is 0 Å². The van der Waals surface area contributed by atoms with E-state index in [1.165, 1.54) is 13.4 Å². The molecule has 0 radical (unpaired) electrons. The van der Waals surface area contributed by atoms with Crippen LogP contribution >= 0.6 is 0 Å². The second-order valence-electron chi connectivity index (χ2n) is 8.01. The number of amides is 2. The summed E-state index contributed by atoms with van der Waals surface area (Å²) < 4.78 is 10.7. The molecule has 0 aliphatic carbocycles. The number of aromatic nitrogens is 1. The van der Waals surface area contributed by atoms with Gasteiger partial charge >= 0.3 is 0 Å². The van der Waals surface area contributed by atoms with Crippen molar-refractivity contribution in [3.05, 3.63) is 95.9 Å². The van der Waals surface area contributed by atoms with Crippen LogP contribution in [0.15, 0.2) is 83.5 Å². The summed E-state index contributed by atoms with van der Waals surface area (Å²) in [6, 6.07) is 22.4. The second kappa shape index (κ2) is 10.7. The first kappa shape index (κ1) is 23.0. The van der Waals surface area contributed by atoms with Gasteiger partial charge in [-0.3, -0.25) is 9.59 Å². The molecule has 0 aliphatic rings. The van der Waals surface area contributed by atoms with E-state index in [-0.39, 0.29) is 23.6 Å². The molecule has 0 saturated carbocycles. The lowest BCUT2D eigenvalue weighted by atomic mass is 10.0. The Kier molecular flexibility index (Phi) is 7.22. The van der Waals surface area contributed by atoms with E-state index in [4.69, 9.17) is 9.15 Å². The Balaban J connectivity index is 1.48. The van der Waals surface area contributed by atoms with E-state index in [9.17, 15) is 9.59 Å².